The zero-order valence-electron chi connectivity index (χ0n) is 12.6. The second-order valence-electron chi connectivity index (χ2n) is 5.10. The molecule has 0 spiro atoms. The van der Waals surface area contributed by atoms with Crippen molar-refractivity contribution < 1.29 is 9.90 Å². The minimum absolute atomic E-state index is 0.145. The van der Waals surface area contributed by atoms with Crippen molar-refractivity contribution in [1.29, 1.82) is 0 Å². The molecule has 1 rings (SSSR count). The number of nitrogens with one attached hydrogen (secondary N) is 1. The lowest BCUT2D eigenvalue weighted by molar-refractivity contribution is -0.121. The van der Waals surface area contributed by atoms with Crippen LogP contribution in [0, 0.1) is 12.8 Å². The maximum absolute atomic E-state index is 11.9. The fourth-order valence-electron chi connectivity index (χ4n) is 2.32. The zero-order chi connectivity index (χ0) is 15.3. The first kappa shape index (κ1) is 17.0. The van der Waals surface area contributed by atoms with Gasteiger partial charge in [0.2, 0.25) is 5.91 Å². The van der Waals surface area contributed by atoms with Crippen LogP contribution >= 0.6 is 11.6 Å². The Balaban J connectivity index is 2.52. The molecule has 1 aromatic rings. The summed E-state index contributed by atoms with van der Waals surface area (Å²) in [5.41, 5.74) is 1.50. The molecule has 0 saturated heterocycles. The van der Waals surface area contributed by atoms with Gasteiger partial charge in [0, 0.05) is 19.2 Å². The number of aliphatic hydroxyl groups excluding tert-OH is 1. The molecule has 2 N–H and O–H groups in total. The van der Waals surface area contributed by atoms with Crippen molar-refractivity contribution in [1.82, 2.24) is 15.1 Å². The molecule has 6 heteroatoms. The summed E-state index contributed by atoms with van der Waals surface area (Å²) in [5.74, 6) is 0.0759. The number of halogens is 1. The van der Waals surface area contributed by atoms with Gasteiger partial charge in [-0.15, -0.1) is 0 Å². The highest BCUT2D eigenvalue weighted by Gasteiger charge is 2.18. The molecule has 0 aliphatic rings. The first-order valence-electron chi connectivity index (χ1n) is 7.03. The number of rotatable bonds is 7. The third kappa shape index (κ3) is 4.21. The van der Waals surface area contributed by atoms with Gasteiger partial charge in [-0.2, -0.15) is 5.10 Å². The number of hydrogen-bond donors (Lipinski definition) is 2. The van der Waals surface area contributed by atoms with Gasteiger partial charge in [0.15, 0.2) is 0 Å². The van der Waals surface area contributed by atoms with E-state index in [1.54, 1.807) is 11.7 Å². The third-order valence-corrected chi connectivity index (χ3v) is 4.18. The largest absolute Gasteiger partial charge is 0.391 e. The molecule has 20 heavy (non-hydrogen) atoms. The van der Waals surface area contributed by atoms with E-state index in [9.17, 15) is 9.90 Å². The van der Waals surface area contributed by atoms with Gasteiger partial charge >= 0.3 is 0 Å². The van der Waals surface area contributed by atoms with Crippen LogP contribution in [0.2, 0.25) is 5.15 Å². The average molecular weight is 302 g/mol. The molecule has 1 atom stereocenters. The molecule has 0 aliphatic carbocycles. The molecule has 0 bridgehead atoms. The van der Waals surface area contributed by atoms with Crippen LogP contribution in [0.15, 0.2) is 0 Å². The minimum Gasteiger partial charge on any atom is -0.391 e. The summed E-state index contributed by atoms with van der Waals surface area (Å²) in [4.78, 5) is 11.9. The van der Waals surface area contributed by atoms with Crippen LogP contribution in [0.5, 0.6) is 0 Å². The van der Waals surface area contributed by atoms with Crippen LogP contribution in [-0.4, -0.2) is 33.4 Å². The zero-order valence-corrected chi connectivity index (χ0v) is 13.4. The maximum atomic E-state index is 11.9. The monoisotopic (exact) mass is 301 g/mol. The van der Waals surface area contributed by atoms with Crippen LogP contribution in [0.4, 0.5) is 0 Å². The second-order valence-corrected chi connectivity index (χ2v) is 5.46. The van der Waals surface area contributed by atoms with Crippen molar-refractivity contribution >= 4 is 17.5 Å². The van der Waals surface area contributed by atoms with Crippen LogP contribution in [0.1, 0.15) is 37.9 Å². The highest BCUT2D eigenvalue weighted by molar-refractivity contribution is 6.30. The molecule has 0 radical (unpaired) electrons. The molecule has 1 aromatic heterocycles. The van der Waals surface area contributed by atoms with Crippen molar-refractivity contribution in [2.45, 2.75) is 46.1 Å². The molecule has 0 aliphatic heterocycles. The smallest absolute Gasteiger partial charge is 0.224 e. The second kappa shape index (κ2) is 7.64. The van der Waals surface area contributed by atoms with E-state index < -0.39 is 6.10 Å². The summed E-state index contributed by atoms with van der Waals surface area (Å²) < 4.78 is 1.55. The number of hydrogen-bond acceptors (Lipinski definition) is 3. The Bertz CT molecular complexity index is 456. The summed E-state index contributed by atoms with van der Waals surface area (Å²) in [6, 6.07) is 0. The van der Waals surface area contributed by atoms with E-state index in [1.807, 2.05) is 20.8 Å². The highest BCUT2D eigenvalue weighted by Crippen LogP contribution is 2.19. The highest BCUT2D eigenvalue weighted by atomic mass is 35.5. The lowest BCUT2D eigenvalue weighted by Crippen LogP contribution is -2.36. The molecular weight excluding hydrogens is 278 g/mol. The van der Waals surface area contributed by atoms with Crippen molar-refractivity contribution in [3.05, 3.63) is 16.4 Å². The Hall–Kier alpha value is -1.07. The summed E-state index contributed by atoms with van der Waals surface area (Å²) in [6.45, 7) is 6.19. The number of aromatic nitrogens is 2. The van der Waals surface area contributed by atoms with E-state index in [1.165, 1.54) is 0 Å². The van der Waals surface area contributed by atoms with Gasteiger partial charge in [0.25, 0.3) is 0 Å². The first-order valence-corrected chi connectivity index (χ1v) is 7.41. The van der Waals surface area contributed by atoms with Gasteiger partial charge in [0.1, 0.15) is 5.15 Å². The Kier molecular flexibility index (Phi) is 6.49. The van der Waals surface area contributed by atoms with E-state index in [0.717, 1.165) is 24.1 Å². The van der Waals surface area contributed by atoms with Gasteiger partial charge < -0.3 is 10.4 Å². The summed E-state index contributed by atoms with van der Waals surface area (Å²) in [5, 5.41) is 17.4. The SMILES string of the molecule is CCC(CC)C(O)CNC(=O)Cc1c(C)nn(C)c1Cl. The quantitative estimate of drug-likeness (QED) is 0.807. The molecule has 5 nitrogen and oxygen atoms in total. The third-order valence-electron chi connectivity index (χ3n) is 3.71. The van der Waals surface area contributed by atoms with Crippen LogP contribution in [0.3, 0.4) is 0 Å². The Morgan fingerprint density at radius 2 is 2.05 bits per heavy atom. The van der Waals surface area contributed by atoms with E-state index in [2.05, 4.69) is 10.4 Å². The fourth-order valence-corrected chi connectivity index (χ4v) is 2.56. The lowest BCUT2D eigenvalue weighted by Gasteiger charge is -2.20. The molecule has 1 amide bonds. The number of carbonyl (C=O) groups excluding carboxylic acids is 1. The molecule has 0 saturated carbocycles. The standard InChI is InChI=1S/C14H24ClN3O2/c1-5-10(6-2)12(19)8-16-13(20)7-11-9(3)17-18(4)14(11)15/h10,12,19H,5-8H2,1-4H3,(H,16,20). The minimum atomic E-state index is -0.501. The van der Waals surface area contributed by atoms with Crippen molar-refractivity contribution in [2.24, 2.45) is 13.0 Å². The van der Waals surface area contributed by atoms with Gasteiger partial charge in [0.05, 0.1) is 18.2 Å². The van der Waals surface area contributed by atoms with Crippen molar-refractivity contribution in [2.75, 3.05) is 6.54 Å². The summed E-state index contributed by atoms with van der Waals surface area (Å²) >= 11 is 6.09. The summed E-state index contributed by atoms with van der Waals surface area (Å²) in [6.07, 6.45) is 1.50. The van der Waals surface area contributed by atoms with Crippen LogP contribution in [0.25, 0.3) is 0 Å². The molecule has 1 heterocycles. The van der Waals surface area contributed by atoms with E-state index in [0.29, 0.717) is 5.15 Å². The van der Waals surface area contributed by atoms with Gasteiger partial charge in [-0.1, -0.05) is 38.3 Å². The average Bonchev–Trinajstić information content (AvgIpc) is 2.64. The molecule has 0 aromatic carbocycles. The fraction of sp³-hybridized carbons (Fsp3) is 0.714. The van der Waals surface area contributed by atoms with E-state index in [-0.39, 0.29) is 24.8 Å². The van der Waals surface area contributed by atoms with Crippen molar-refractivity contribution in [3.63, 3.8) is 0 Å². The van der Waals surface area contributed by atoms with E-state index >= 15 is 0 Å². The van der Waals surface area contributed by atoms with E-state index in [4.69, 9.17) is 11.6 Å². The predicted octanol–water partition coefficient (Wildman–Crippen LogP) is 1.84. The van der Waals surface area contributed by atoms with Crippen LogP contribution in [-0.2, 0) is 18.3 Å². The van der Waals surface area contributed by atoms with Gasteiger partial charge in [-0.05, 0) is 12.8 Å². The summed E-state index contributed by atoms with van der Waals surface area (Å²) in [7, 11) is 1.74. The molecule has 1 unspecified atom stereocenters. The Labute approximate surface area is 125 Å². The Morgan fingerprint density at radius 3 is 2.50 bits per heavy atom. The Morgan fingerprint density at radius 1 is 1.45 bits per heavy atom. The number of nitrogens with zero attached hydrogens (tertiary/aromatic N) is 2. The number of carbonyl (C=O) groups is 1. The topological polar surface area (TPSA) is 67.2 Å². The number of aryl methyl sites for hydroxylation is 2. The maximum Gasteiger partial charge on any atom is 0.224 e. The number of amides is 1. The lowest BCUT2D eigenvalue weighted by atomic mass is 9.96. The molecule has 114 valence electrons. The molecule has 0 fully saturated rings. The van der Waals surface area contributed by atoms with Crippen molar-refractivity contribution in [3.8, 4) is 0 Å². The van der Waals surface area contributed by atoms with Crippen LogP contribution < -0.4 is 5.32 Å². The van der Waals surface area contributed by atoms with Gasteiger partial charge in [-0.3, -0.25) is 9.48 Å². The molecular formula is C14H24ClN3O2. The first-order chi connectivity index (χ1) is 9.40. The predicted molar refractivity (Wildman–Crippen MR) is 79.7 cm³/mol. The normalized spacial score (nSPS) is 12.8. The van der Waals surface area contributed by atoms with Gasteiger partial charge in [-0.25, -0.2) is 0 Å². The number of aliphatic hydroxyl groups is 1.